The Balaban J connectivity index is 1.27. The smallest absolute Gasteiger partial charge is 0.123 e. The average Bonchev–Trinajstić information content (AvgIpc) is 2.96. The fraction of sp³-hybridized carbons (Fsp3) is 0.500. The van der Waals surface area contributed by atoms with Crippen LogP contribution in [0, 0.1) is 0 Å². The number of benzene rings is 2. The van der Waals surface area contributed by atoms with Gasteiger partial charge in [0.05, 0.1) is 19.3 Å². The number of fused-ring (bicyclic) bond motifs is 1. The summed E-state index contributed by atoms with van der Waals surface area (Å²) in [6.07, 6.45) is 2.54. The molecule has 5 nitrogen and oxygen atoms in total. The summed E-state index contributed by atoms with van der Waals surface area (Å²) in [6, 6.07) is 17.0. The molecule has 156 valence electrons. The molecule has 2 aromatic carbocycles. The molecule has 5 heteroatoms. The zero-order valence-corrected chi connectivity index (χ0v) is 17.1. The van der Waals surface area contributed by atoms with Crippen molar-refractivity contribution < 1.29 is 14.6 Å². The maximum absolute atomic E-state index is 9.25. The molecule has 1 fully saturated rings. The number of hydrogen-bond donors (Lipinski definition) is 1. The van der Waals surface area contributed by atoms with E-state index in [1.807, 2.05) is 6.07 Å². The Morgan fingerprint density at radius 1 is 0.966 bits per heavy atom. The van der Waals surface area contributed by atoms with Crippen molar-refractivity contribution in [2.75, 3.05) is 39.4 Å². The monoisotopic (exact) mass is 396 g/mol. The van der Waals surface area contributed by atoms with Crippen LogP contribution in [-0.2, 0) is 24.4 Å². The fourth-order valence-corrected chi connectivity index (χ4v) is 4.21. The predicted molar refractivity (Wildman–Crippen MR) is 114 cm³/mol. The number of rotatable bonds is 7. The van der Waals surface area contributed by atoms with Gasteiger partial charge in [-0.15, -0.1) is 0 Å². The first-order chi connectivity index (χ1) is 14.3. The van der Waals surface area contributed by atoms with Crippen molar-refractivity contribution in [2.45, 2.75) is 38.6 Å². The normalized spacial score (nSPS) is 18.8. The third-order valence-corrected chi connectivity index (χ3v) is 5.87. The molecule has 2 aliphatic rings. The molecule has 0 saturated carbocycles. The number of ether oxygens (including phenoxy) is 2. The quantitative estimate of drug-likeness (QED) is 0.779. The molecule has 29 heavy (non-hydrogen) atoms. The Morgan fingerprint density at radius 3 is 2.59 bits per heavy atom. The van der Waals surface area contributed by atoms with Crippen molar-refractivity contribution in [1.82, 2.24) is 9.80 Å². The van der Waals surface area contributed by atoms with Crippen LogP contribution in [0.3, 0.4) is 0 Å². The van der Waals surface area contributed by atoms with Crippen molar-refractivity contribution >= 4 is 0 Å². The molecule has 2 aromatic rings. The summed E-state index contributed by atoms with van der Waals surface area (Å²) < 4.78 is 12.0. The lowest BCUT2D eigenvalue weighted by Crippen LogP contribution is -2.36. The SMILES string of the molecule is OCCN1CCOc2ccc(CN3CCC(OCc4ccccc4)CC3)cc2C1. The second-order valence-electron chi connectivity index (χ2n) is 8.06. The molecular weight excluding hydrogens is 364 g/mol. The highest BCUT2D eigenvalue weighted by Gasteiger charge is 2.21. The molecule has 0 bridgehead atoms. The maximum atomic E-state index is 9.25. The maximum Gasteiger partial charge on any atom is 0.123 e. The van der Waals surface area contributed by atoms with E-state index in [-0.39, 0.29) is 6.61 Å². The summed E-state index contributed by atoms with van der Waals surface area (Å²) in [5, 5.41) is 9.25. The highest BCUT2D eigenvalue weighted by atomic mass is 16.5. The van der Waals surface area contributed by atoms with E-state index in [0.717, 1.165) is 51.3 Å². The van der Waals surface area contributed by atoms with E-state index in [4.69, 9.17) is 9.47 Å². The largest absolute Gasteiger partial charge is 0.492 e. The molecule has 4 rings (SSSR count). The third-order valence-electron chi connectivity index (χ3n) is 5.87. The van der Waals surface area contributed by atoms with Crippen LogP contribution in [0.15, 0.2) is 48.5 Å². The van der Waals surface area contributed by atoms with Crippen LogP contribution in [0.4, 0.5) is 0 Å². The molecule has 0 unspecified atom stereocenters. The number of nitrogens with zero attached hydrogens (tertiary/aromatic N) is 2. The van der Waals surface area contributed by atoms with Gasteiger partial charge in [-0.2, -0.15) is 0 Å². The summed E-state index contributed by atoms with van der Waals surface area (Å²) in [6.45, 7) is 7.11. The first-order valence-electron chi connectivity index (χ1n) is 10.8. The van der Waals surface area contributed by atoms with Gasteiger partial charge in [0.1, 0.15) is 12.4 Å². The van der Waals surface area contributed by atoms with Crippen LogP contribution < -0.4 is 4.74 Å². The summed E-state index contributed by atoms with van der Waals surface area (Å²) in [4.78, 5) is 4.78. The Kier molecular flexibility index (Phi) is 7.17. The van der Waals surface area contributed by atoms with E-state index >= 15 is 0 Å². The molecule has 2 aliphatic heterocycles. The summed E-state index contributed by atoms with van der Waals surface area (Å²) >= 11 is 0. The molecule has 1 saturated heterocycles. The molecule has 1 N–H and O–H groups in total. The molecular formula is C24H32N2O3. The number of likely N-dealkylation sites (tertiary alicyclic amines) is 1. The van der Waals surface area contributed by atoms with E-state index in [2.05, 4.69) is 52.3 Å². The number of piperidine rings is 1. The van der Waals surface area contributed by atoms with Crippen LogP contribution >= 0.6 is 0 Å². The van der Waals surface area contributed by atoms with E-state index in [9.17, 15) is 5.11 Å². The van der Waals surface area contributed by atoms with E-state index in [0.29, 0.717) is 25.9 Å². The minimum Gasteiger partial charge on any atom is -0.492 e. The van der Waals surface area contributed by atoms with E-state index in [1.165, 1.54) is 16.7 Å². The van der Waals surface area contributed by atoms with Crippen LogP contribution in [0.25, 0.3) is 0 Å². The first kappa shape index (κ1) is 20.4. The van der Waals surface area contributed by atoms with E-state index < -0.39 is 0 Å². The minimum absolute atomic E-state index is 0.191. The van der Waals surface area contributed by atoms with Gasteiger partial charge in [-0.3, -0.25) is 9.80 Å². The van der Waals surface area contributed by atoms with Gasteiger partial charge in [0, 0.05) is 44.8 Å². The molecule has 0 radical (unpaired) electrons. The highest BCUT2D eigenvalue weighted by molar-refractivity contribution is 5.38. The lowest BCUT2D eigenvalue weighted by Gasteiger charge is -2.32. The number of aliphatic hydroxyl groups is 1. The van der Waals surface area contributed by atoms with Gasteiger partial charge in [-0.05, 0) is 36.1 Å². The molecule has 0 aliphatic carbocycles. The van der Waals surface area contributed by atoms with Crippen LogP contribution in [-0.4, -0.2) is 60.4 Å². The summed E-state index contributed by atoms with van der Waals surface area (Å²) in [5.41, 5.74) is 3.81. The first-order valence-corrected chi connectivity index (χ1v) is 10.8. The molecule has 0 amide bonds. The molecule has 0 atom stereocenters. The van der Waals surface area contributed by atoms with Crippen molar-refractivity contribution in [2.24, 2.45) is 0 Å². The highest BCUT2D eigenvalue weighted by Crippen LogP contribution is 2.26. The lowest BCUT2D eigenvalue weighted by molar-refractivity contribution is -0.00394. The summed E-state index contributed by atoms with van der Waals surface area (Å²) in [5.74, 6) is 0.988. The third kappa shape index (κ3) is 5.80. The predicted octanol–water partition coefficient (Wildman–Crippen LogP) is 3.05. The zero-order valence-electron chi connectivity index (χ0n) is 17.1. The summed E-state index contributed by atoms with van der Waals surface area (Å²) in [7, 11) is 0. The Hall–Kier alpha value is -1.92. The molecule has 2 heterocycles. The van der Waals surface area contributed by atoms with Crippen molar-refractivity contribution in [3.8, 4) is 5.75 Å². The lowest BCUT2D eigenvalue weighted by atomic mass is 10.0. The Morgan fingerprint density at radius 2 is 1.79 bits per heavy atom. The Bertz CT molecular complexity index is 760. The second kappa shape index (κ2) is 10.2. The van der Waals surface area contributed by atoms with E-state index in [1.54, 1.807) is 0 Å². The second-order valence-corrected chi connectivity index (χ2v) is 8.06. The molecule has 0 spiro atoms. The molecule has 0 aromatic heterocycles. The van der Waals surface area contributed by atoms with Gasteiger partial charge >= 0.3 is 0 Å². The number of β-amino-alcohol motifs (C(OH)–C–C–N with tert-alkyl or cyclic N) is 1. The van der Waals surface area contributed by atoms with Crippen LogP contribution in [0.5, 0.6) is 5.75 Å². The zero-order chi connectivity index (χ0) is 19.9. The van der Waals surface area contributed by atoms with Crippen molar-refractivity contribution in [3.05, 3.63) is 65.2 Å². The number of aliphatic hydroxyl groups excluding tert-OH is 1. The average molecular weight is 397 g/mol. The minimum atomic E-state index is 0.191. The van der Waals surface area contributed by atoms with Gasteiger partial charge in [-0.1, -0.05) is 36.4 Å². The Labute approximate surface area is 173 Å². The van der Waals surface area contributed by atoms with Gasteiger partial charge in [0.15, 0.2) is 0 Å². The van der Waals surface area contributed by atoms with Crippen molar-refractivity contribution in [1.29, 1.82) is 0 Å². The van der Waals surface area contributed by atoms with Gasteiger partial charge in [0.25, 0.3) is 0 Å². The van der Waals surface area contributed by atoms with Crippen molar-refractivity contribution in [3.63, 3.8) is 0 Å². The van der Waals surface area contributed by atoms with Gasteiger partial charge < -0.3 is 14.6 Å². The number of hydrogen-bond acceptors (Lipinski definition) is 5. The van der Waals surface area contributed by atoms with Gasteiger partial charge in [0.2, 0.25) is 0 Å². The standard InChI is InChI=1S/C24H32N2O3/c27-14-12-26-13-15-28-24-7-6-21(16-22(24)18-26)17-25-10-8-23(9-11-25)29-19-20-4-2-1-3-5-20/h1-7,16,23,27H,8-15,17-19H2. The topological polar surface area (TPSA) is 45.2 Å². The fourth-order valence-electron chi connectivity index (χ4n) is 4.21. The van der Waals surface area contributed by atoms with Crippen LogP contribution in [0.2, 0.25) is 0 Å². The van der Waals surface area contributed by atoms with Crippen LogP contribution in [0.1, 0.15) is 29.5 Å². The van der Waals surface area contributed by atoms with Gasteiger partial charge in [-0.25, -0.2) is 0 Å².